The highest BCUT2D eigenvalue weighted by Crippen LogP contribution is 2.38. The molecular weight excluding hydrogens is 341 g/mol. The summed E-state index contributed by atoms with van der Waals surface area (Å²) in [5.74, 6) is 0.797. The Hall–Kier alpha value is -1.30. The van der Waals surface area contributed by atoms with E-state index in [1.165, 1.54) is 11.3 Å². The van der Waals surface area contributed by atoms with Crippen LogP contribution >= 0.6 is 34.5 Å². The summed E-state index contributed by atoms with van der Waals surface area (Å²) in [6.07, 6.45) is 0. The summed E-state index contributed by atoms with van der Waals surface area (Å²) in [4.78, 5) is 2.10. The van der Waals surface area contributed by atoms with Gasteiger partial charge in [-0.25, -0.2) is 0 Å². The smallest absolute Gasteiger partial charge is 0.126 e. The molecule has 2 rings (SSSR count). The first-order valence-electron chi connectivity index (χ1n) is 6.83. The van der Waals surface area contributed by atoms with E-state index in [1.54, 1.807) is 7.11 Å². The minimum atomic E-state index is 0.555. The molecule has 0 unspecified atom stereocenters. The lowest BCUT2D eigenvalue weighted by Gasteiger charge is -2.24. The van der Waals surface area contributed by atoms with E-state index in [2.05, 4.69) is 17.1 Å². The number of nitrogens with one attached hydrogen (secondary N) is 1. The Labute approximate surface area is 144 Å². The maximum Gasteiger partial charge on any atom is 0.126 e. The Balaban J connectivity index is 2.33. The van der Waals surface area contributed by atoms with Gasteiger partial charge in [-0.15, -0.1) is 11.3 Å². The van der Waals surface area contributed by atoms with Gasteiger partial charge in [0.2, 0.25) is 0 Å². The van der Waals surface area contributed by atoms with E-state index in [0.717, 1.165) is 34.2 Å². The number of nitrogens with zero attached hydrogens (tertiary/aromatic N) is 1. The largest absolute Gasteiger partial charge is 0.496 e. The number of benzene rings is 1. The third kappa shape index (κ3) is 3.54. The van der Waals surface area contributed by atoms with Crippen molar-refractivity contribution in [2.45, 2.75) is 13.5 Å². The lowest BCUT2D eigenvalue weighted by molar-refractivity contribution is 0.410. The van der Waals surface area contributed by atoms with E-state index in [1.807, 2.05) is 25.2 Å². The average molecular weight is 360 g/mol. The summed E-state index contributed by atoms with van der Waals surface area (Å²) in [7, 11) is 3.66. The summed E-state index contributed by atoms with van der Waals surface area (Å²) < 4.78 is 6.06. The lowest BCUT2D eigenvalue weighted by Crippen LogP contribution is -2.20. The first-order valence-corrected chi connectivity index (χ1v) is 8.40. The van der Waals surface area contributed by atoms with Crippen LogP contribution in [0.5, 0.6) is 5.75 Å². The Bertz CT molecular complexity index is 641. The predicted molar refractivity (Wildman–Crippen MR) is 98.0 cm³/mol. The van der Waals surface area contributed by atoms with Gasteiger partial charge in [0.25, 0.3) is 0 Å². The second-order valence-corrected chi connectivity index (χ2v) is 6.85. The monoisotopic (exact) mass is 359 g/mol. The molecule has 1 aromatic heterocycles. The number of hydrogen-bond donors (Lipinski definition) is 2. The molecular formula is C15H19Cl2N3OS. The van der Waals surface area contributed by atoms with Crippen LogP contribution in [0.2, 0.25) is 9.36 Å². The van der Waals surface area contributed by atoms with Crippen molar-refractivity contribution in [3.05, 3.63) is 33.1 Å². The van der Waals surface area contributed by atoms with Crippen molar-refractivity contribution in [1.82, 2.24) is 0 Å². The van der Waals surface area contributed by atoms with Gasteiger partial charge in [-0.2, -0.15) is 0 Å². The van der Waals surface area contributed by atoms with Crippen LogP contribution in [0.3, 0.4) is 0 Å². The van der Waals surface area contributed by atoms with Crippen molar-refractivity contribution in [2.24, 2.45) is 0 Å². The van der Waals surface area contributed by atoms with Gasteiger partial charge < -0.3 is 20.7 Å². The zero-order valence-electron chi connectivity index (χ0n) is 12.7. The molecule has 0 aliphatic heterocycles. The number of hydrogen-bond acceptors (Lipinski definition) is 5. The first kappa shape index (κ1) is 17.1. The van der Waals surface area contributed by atoms with Gasteiger partial charge in [0.15, 0.2) is 0 Å². The molecule has 1 aromatic carbocycles. The highest BCUT2D eigenvalue weighted by atomic mass is 35.5. The van der Waals surface area contributed by atoms with Crippen LogP contribution in [0, 0.1) is 0 Å². The standard InChI is InChI=1S/C15H19Cl2N3OS/c1-4-20(2)14-9(12(21-3)6-5-11(14)18)8-19-13-7-10(16)15(17)22-13/h5-7,19H,4,8,18H2,1-3H3. The van der Waals surface area contributed by atoms with Crippen LogP contribution in [0.25, 0.3) is 0 Å². The molecule has 0 aliphatic carbocycles. The molecule has 0 saturated heterocycles. The van der Waals surface area contributed by atoms with Crippen molar-refractivity contribution < 1.29 is 4.74 Å². The van der Waals surface area contributed by atoms with E-state index in [0.29, 0.717) is 15.9 Å². The SMILES string of the molecule is CCN(C)c1c(N)ccc(OC)c1CNc1cc(Cl)c(Cl)s1. The van der Waals surface area contributed by atoms with Crippen LogP contribution in [0.15, 0.2) is 18.2 Å². The Morgan fingerprint density at radius 2 is 2.09 bits per heavy atom. The molecule has 7 heteroatoms. The lowest BCUT2D eigenvalue weighted by atomic mass is 10.1. The van der Waals surface area contributed by atoms with Crippen molar-refractivity contribution in [1.29, 1.82) is 0 Å². The fourth-order valence-corrected chi connectivity index (χ4v) is 3.48. The fraction of sp³-hybridized carbons (Fsp3) is 0.333. The number of nitrogen functional groups attached to an aromatic ring is 1. The zero-order valence-corrected chi connectivity index (χ0v) is 15.1. The van der Waals surface area contributed by atoms with Gasteiger partial charge in [0, 0.05) is 25.7 Å². The Kier molecular flexibility index (Phi) is 5.67. The number of anilines is 3. The molecule has 1 heterocycles. The van der Waals surface area contributed by atoms with Crippen LogP contribution in [0.1, 0.15) is 12.5 Å². The quantitative estimate of drug-likeness (QED) is 0.733. The van der Waals surface area contributed by atoms with Gasteiger partial charge in [-0.1, -0.05) is 23.2 Å². The number of thiophene rings is 1. The first-order chi connectivity index (χ1) is 10.5. The number of nitrogens with two attached hydrogens (primary N) is 1. The van der Waals surface area contributed by atoms with Gasteiger partial charge in [-0.05, 0) is 25.1 Å². The van der Waals surface area contributed by atoms with E-state index < -0.39 is 0 Å². The van der Waals surface area contributed by atoms with Crippen molar-refractivity contribution >= 4 is 50.9 Å². The van der Waals surface area contributed by atoms with E-state index in [4.69, 9.17) is 33.7 Å². The molecule has 0 bridgehead atoms. The number of methoxy groups -OCH3 is 1. The third-order valence-electron chi connectivity index (χ3n) is 3.43. The van der Waals surface area contributed by atoms with Crippen LogP contribution in [-0.2, 0) is 6.54 Å². The minimum Gasteiger partial charge on any atom is -0.496 e. The molecule has 22 heavy (non-hydrogen) atoms. The molecule has 0 atom stereocenters. The Morgan fingerprint density at radius 1 is 1.36 bits per heavy atom. The molecule has 0 fully saturated rings. The fourth-order valence-electron chi connectivity index (χ4n) is 2.22. The molecule has 3 N–H and O–H groups in total. The van der Waals surface area contributed by atoms with Gasteiger partial charge in [0.1, 0.15) is 10.1 Å². The molecule has 0 aliphatic rings. The summed E-state index contributed by atoms with van der Waals surface area (Å²) >= 11 is 13.4. The topological polar surface area (TPSA) is 50.5 Å². The van der Waals surface area contributed by atoms with Gasteiger partial charge in [0.05, 0.1) is 28.5 Å². The zero-order chi connectivity index (χ0) is 16.3. The maximum atomic E-state index is 6.15. The second-order valence-electron chi connectivity index (χ2n) is 4.78. The molecule has 0 radical (unpaired) electrons. The Morgan fingerprint density at radius 3 is 2.64 bits per heavy atom. The van der Waals surface area contributed by atoms with Crippen LogP contribution in [-0.4, -0.2) is 20.7 Å². The normalized spacial score (nSPS) is 10.6. The molecule has 120 valence electrons. The van der Waals surface area contributed by atoms with E-state index in [-0.39, 0.29) is 0 Å². The summed E-state index contributed by atoms with van der Waals surface area (Å²) in [6, 6.07) is 5.56. The van der Waals surface area contributed by atoms with Gasteiger partial charge >= 0.3 is 0 Å². The van der Waals surface area contributed by atoms with Gasteiger partial charge in [-0.3, -0.25) is 0 Å². The van der Waals surface area contributed by atoms with Crippen LogP contribution in [0.4, 0.5) is 16.4 Å². The minimum absolute atomic E-state index is 0.555. The number of ether oxygens (including phenoxy) is 1. The summed E-state index contributed by atoms with van der Waals surface area (Å²) in [6.45, 7) is 3.50. The second kappa shape index (κ2) is 7.31. The highest BCUT2D eigenvalue weighted by molar-refractivity contribution is 7.20. The predicted octanol–water partition coefficient (Wildman–Crippen LogP) is 4.71. The van der Waals surface area contributed by atoms with E-state index >= 15 is 0 Å². The van der Waals surface area contributed by atoms with Crippen molar-refractivity contribution in [3.8, 4) is 5.75 Å². The van der Waals surface area contributed by atoms with Crippen molar-refractivity contribution in [2.75, 3.05) is 36.7 Å². The van der Waals surface area contributed by atoms with Crippen molar-refractivity contribution in [3.63, 3.8) is 0 Å². The number of halogens is 2. The molecule has 2 aromatic rings. The number of rotatable bonds is 6. The van der Waals surface area contributed by atoms with E-state index in [9.17, 15) is 0 Å². The van der Waals surface area contributed by atoms with Crippen LogP contribution < -0.4 is 20.7 Å². The molecule has 0 amide bonds. The summed E-state index contributed by atoms with van der Waals surface area (Å²) in [5.41, 5.74) is 8.86. The maximum absolute atomic E-state index is 6.15. The molecule has 4 nitrogen and oxygen atoms in total. The third-order valence-corrected chi connectivity index (χ3v) is 5.25. The molecule has 0 saturated carbocycles. The molecule has 0 spiro atoms. The highest BCUT2D eigenvalue weighted by Gasteiger charge is 2.16. The summed E-state index contributed by atoms with van der Waals surface area (Å²) in [5, 5.41) is 4.79. The average Bonchev–Trinajstić information content (AvgIpc) is 2.83.